The molecule has 0 aliphatic heterocycles. The average molecular weight is 238 g/mol. The van der Waals surface area contributed by atoms with Crippen LogP contribution in [0.15, 0.2) is 18.3 Å². The van der Waals surface area contributed by atoms with Gasteiger partial charge in [0.15, 0.2) is 5.15 Å². The van der Waals surface area contributed by atoms with Crippen LogP contribution < -0.4 is 5.73 Å². The van der Waals surface area contributed by atoms with Crippen molar-refractivity contribution < 1.29 is 0 Å². The van der Waals surface area contributed by atoms with E-state index in [-0.39, 0.29) is 0 Å². The lowest BCUT2D eigenvalue weighted by Crippen LogP contribution is -2.03. The molecule has 0 unspecified atom stereocenters. The molecule has 0 aliphatic rings. The summed E-state index contributed by atoms with van der Waals surface area (Å²) in [6, 6.07) is 4.14. The molecule has 0 aromatic carbocycles. The summed E-state index contributed by atoms with van der Waals surface area (Å²) in [5.74, 6) is 1.36. The van der Waals surface area contributed by atoms with Gasteiger partial charge in [-0.05, 0) is 30.7 Å². The van der Waals surface area contributed by atoms with E-state index in [2.05, 4.69) is 31.0 Å². The lowest BCUT2D eigenvalue weighted by molar-refractivity contribution is 0.769. The molecule has 0 spiro atoms. The smallest absolute Gasteiger partial charge is 0.155 e. The number of aromatic nitrogens is 2. The van der Waals surface area contributed by atoms with Crippen LogP contribution in [0.4, 0.5) is 0 Å². The van der Waals surface area contributed by atoms with Gasteiger partial charge in [-0.3, -0.25) is 0 Å². The molecule has 0 fully saturated rings. The van der Waals surface area contributed by atoms with Gasteiger partial charge in [0.2, 0.25) is 0 Å². The van der Waals surface area contributed by atoms with E-state index in [1.54, 1.807) is 0 Å². The molecule has 2 N–H and O–H groups in total. The van der Waals surface area contributed by atoms with Crippen LogP contribution in [0.1, 0.15) is 31.2 Å². The van der Waals surface area contributed by atoms with Gasteiger partial charge in [0, 0.05) is 12.1 Å². The number of hydrogen-bond donors (Lipinski definition) is 1. The molecule has 2 heterocycles. The predicted octanol–water partition coefficient (Wildman–Crippen LogP) is 2.61. The average Bonchev–Trinajstić information content (AvgIpc) is 2.57. The standard InChI is InChI=1S/C12H16ClN3/c1-8(2)12-15-11(13)10-7-9(3-5-14)4-6-16(10)12/h4,6-8H,3,5,14H2,1-2H3. The fourth-order valence-electron chi connectivity index (χ4n) is 1.84. The molecule has 0 amide bonds. The largest absolute Gasteiger partial charge is 0.330 e. The van der Waals surface area contributed by atoms with Crippen LogP contribution in [-0.2, 0) is 6.42 Å². The van der Waals surface area contributed by atoms with Crippen molar-refractivity contribution in [2.45, 2.75) is 26.2 Å². The number of nitrogens with zero attached hydrogens (tertiary/aromatic N) is 2. The minimum atomic E-state index is 0.361. The third-order valence-electron chi connectivity index (χ3n) is 2.64. The van der Waals surface area contributed by atoms with Crippen LogP contribution in [-0.4, -0.2) is 15.9 Å². The second-order valence-corrected chi connectivity index (χ2v) is 4.60. The Bertz CT molecular complexity index is 502. The van der Waals surface area contributed by atoms with Crippen molar-refractivity contribution in [2.75, 3.05) is 6.54 Å². The van der Waals surface area contributed by atoms with Gasteiger partial charge >= 0.3 is 0 Å². The van der Waals surface area contributed by atoms with Crippen molar-refractivity contribution in [3.63, 3.8) is 0 Å². The van der Waals surface area contributed by atoms with Crippen LogP contribution >= 0.6 is 11.6 Å². The molecule has 2 aromatic heterocycles. The normalized spacial score (nSPS) is 11.6. The molecule has 0 radical (unpaired) electrons. The zero-order chi connectivity index (χ0) is 11.7. The van der Waals surface area contributed by atoms with Crippen molar-refractivity contribution in [1.29, 1.82) is 0 Å². The third kappa shape index (κ3) is 1.93. The molecule has 0 saturated carbocycles. The summed E-state index contributed by atoms with van der Waals surface area (Å²) >= 11 is 6.13. The second-order valence-electron chi connectivity index (χ2n) is 4.24. The van der Waals surface area contributed by atoms with E-state index < -0.39 is 0 Å². The first-order valence-electron chi connectivity index (χ1n) is 5.50. The maximum atomic E-state index is 6.13. The van der Waals surface area contributed by atoms with E-state index in [4.69, 9.17) is 17.3 Å². The Morgan fingerprint density at radius 1 is 1.50 bits per heavy atom. The highest BCUT2D eigenvalue weighted by molar-refractivity contribution is 6.32. The van der Waals surface area contributed by atoms with E-state index in [1.807, 2.05) is 10.6 Å². The third-order valence-corrected chi connectivity index (χ3v) is 2.92. The summed E-state index contributed by atoms with van der Waals surface area (Å²) in [4.78, 5) is 4.39. The van der Waals surface area contributed by atoms with Gasteiger partial charge < -0.3 is 10.1 Å². The summed E-state index contributed by atoms with van der Waals surface area (Å²) < 4.78 is 2.05. The molecule has 86 valence electrons. The van der Waals surface area contributed by atoms with E-state index in [0.29, 0.717) is 17.6 Å². The molecule has 2 aromatic rings. The minimum absolute atomic E-state index is 0.361. The first-order valence-corrected chi connectivity index (χ1v) is 5.87. The molecular weight excluding hydrogens is 222 g/mol. The highest BCUT2D eigenvalue weighted by atomic mass is 35.5. The molecule has 0 saturated heterocycles. The topological polar surface area (TPSA) is 43.3 Å². The first kappa shape index (κ1) is 11.4. The van der Waals surface area contributed by atoms with Crippen LogP contribution in [0.3, 0.4) is 0 Å². The highest BCUT2D eigenvalue weighted by Crippen LogP contribution is 2.23. The van der Waals surface area contributed by atoms with Crippen molar-refractivity contribution in [3.8, 4) is 0 Å². The Labute approximate surface area is 100 Å². The van der Waals surface area contributed by atoms with Gasteiger partial charge in [0.1, 0.15) is 5.82 Å². The van der Waals surface area contributed by atoms with E-state index in [0.717, 1.165) is 17.8 Å². The van der Waals surface area contributed by atoms with Gasteiger partial charge in [0.25, 0.3) is 0 Å². The number of hydrogen-bond acceptors (Lipinski definition) is 2. The van der Waals surface area contributed by atoms with Crippen molar-refractivity contribution >= 4 is 17.1 Å². The summed E-state index contributed by atoms with van der Waals surface area (Å²) in [5.41, 5.74) is 7.71. The van der Waals surface area contributed by atoms with Crippen LogP contribution in [0.2, 0.25) is 5.15 Å². The Hall–Kier alpha value is -1.06. The first-order chi connectivity index (χ1) is 7.63. The van der Waals surface area contributed by atoms with Gasteiger partial charge in [-0.25, -0.2) is 4.98 Å². The quantitative estimate of drug-likeness (QED) is 0.892. The van der Waals surface area contributed by atoms with Gasteiger partial charge in [0.05, 0.1) is 5.52 Å². The van der Waals surface area contributed by atoms with E-state index in [9.17, 15) is 0 Å². The Morgan fingerprint density at radius 2 is 2.25 bits per heavy atom. The molecule has 16 heavy (non-hydrogen) atoms. The van der Waals surface area contributed by atoms with Crippen LogP contribution in [0.5, 0.6) is 0 Å². The SMILES string of the molecule is CC(C)c1nc(Cl)c2cc(CCN)ccn12. The van der Waals surface area contributed by atoms with Gasteiger partial charge in [-0.1, -0.05) is 25.4 Å². The molecule has 0 atom stereocenters. The summed E-state index contributed by atoms with van der Waals surface area (Å²) in [6.45, 7) is 4.87. The van der Waals surface area contributed by atoms with Crippen molar-refractivity contribution in [1.82, 2.24) is 9.38 Å². The van der Waals surface area contributed by atoms with Crippen molar-refractivity contribution in [2.24, 2.45) is 5.73 Å². The van der Waals surface area contributed by atoms with Gasteiger partial charge in [-0.15, -0.1) is 0 Å². The van der Waals surface area contributed by atoms with E-state index >= 15 is 0 Å². The summed E-state index contributed by atoms with van der Waals surface area (Å²) in [5, 5.41) is 0.572. The Morgan fingerprint density at radius 3 is 2.88 bits per heavy atom. The molecule has 4 heteroatoms. The maximum absolute atomic E-state index is 6.13. The van der Waals surface area contributed by atoms with Gasteiger partial charge in [-0.2, -0.15) is 0 Å². The molecule has 2 rings (SSSR count). The lowest BCUT2D eigenvalue weighted by Gasteiger charge is -2.05. The monoisotopic (exact) mass is 237 g/mol. The molecular formula is C12H16ClN3. The Balaban J connectivity index is 2.57. The number of halogens is 1. The molecule has 0 bridgehead atoms. The number of nitrogens with two attached hydrogens (primary N) is 1. The highest BCUT2D eigenvalue weighted by Gasteiger charge is 2.12. The Kier molecular flexibility index (Phi) is 3.17. The number of rotatable bonds is 3. The van der Waals surface area contributed by atoms with Crippen LogP contribution in [0.25, 0.3) is 5.52 Å². The fourth-order valence-corrected chi connectivity index (χ4v) is 2.08. The minimum Gasteiger partial charge on any atom is -0.330 e. The van der Waals surface area contributed by atoms with Crippen molar-refractivity contribution in [3.05, 3.63) is 34.9 Å². The second kappa shape index (κ2) is 4.44. The predicted molar refractivity (Wildman–Crippen MR) is 67.0 cm³/mol. The lowest BCUT2D eigenvalue weighted by atomic mass is 10.2. The fraction of sp³-hybridized carbons (Fsp3) is 0.417. The zero-order valence-electron chi connectivity index (χ0n) is 9.57. The van der Waals surface area contributed by atoms with Crippen LogP contribution in [0, 0.1) is 0 Å². The van der Waals surface area contributed by atoms with E-state index in [1.165, 1.54) is 5.56 Å². The molecule has 3 nitrogen and oxygen atoms in total. The summed E-state index contributed by atoms with van der Waals surface area (Å²) in [6.07, 6.45) is 2.89. The number of fused-ring (bicyclic) bond motifs is 1. The maximum Gasteiger partial charge on any atom is 0.155 e. The zero-order valence-corrected chi connectivity index (χ0v) is 10.3. The molecule has 0 aliphatic carbocycles. The number of pyridine rings is 1. The summed E-state index contributed by atoms with van der Waals surface area (Å²) in [7, 11) is 0. The number of imidazole rings is 1.